The summed E-state index contributed by atoms with van der Waals surface area (Å²) in [5, 5.41) is 8.97. The highest BCUT2D eigenvalue weighted by molar-refractivity contribution is 5.52. The van der Waals surface area contributed by atoms with Crippen LogP contribution in [0.25, 0.3) is 0 Å². The quantitative estimate of drug-likeness (QED) is 0.802. The van der Waals surface area contributed by atoms with Gasteiger partial charge in [0.25, 0.3) is 0 Å². The van der Waals surface area contributed by atoms with Crippen molar-refractivity contribution >= 4 is 5.69 Å². The van der Waals surface area contributed by atoms with E-state index in [0.29, 0.717) is 18.8 Å². The topological polar surface area (TPSA) is 23.5 Å². The van der Waals surface area contributed by atoms with Gasteiger partial charge in [-0.05, 0) is 17.7 Å². The average molecular weight is 271 g/mol. The predicted octanol–water partition coefficient (Wildman–Crippen LogP) is 3.38. The zero-order valence-electron chi connectivity index (χ0n) is 10.5. The van der Waals surface area contributed by atoms with E-state index in [2.05, 4.69) is 13.2 Å². The molecule has 0 saturated carbocycles. The van der Waals surface area contributed by atoms with Gasteiger partial charge < -0.3 is 10.0 Å². The highest BCUT2D eigenvalue weighted by Crippen LogP contribution is 2.34. The number of benzene rings is 1. The highest BCUT2D eigenvalue weighted by Gasteiger charge is 2.33. The van der Waals surface area contributed by atoms with Crippen molar-refractivity contribution in [3.63, 3.8) is 0 Å². The third-order valence-electron chi connectivity index (χ3n) is 2.63. The van der Waals surface area contributed by atoms with Crippen LogP contribution in [-0.2, 0) is 12.8 Å². The lowest BCUT2D eigenvalue weighted by Crippen LogP contribution is -2.24. The van der Waals surface area contributed by atoms with Gasteiger partial charge >= 0.3 is 6.18 Å². The summed E-state index contributed by atoms with van der Waals surface area (Å²) in [4.78, 5) is 1.70. The van der Waals surface area contributed by atoms with Crippen molar-refractivity contribution in [1.82, 2.24) is 0 Å². The standard InChI is InChI=1S/C14H16F3NO/c1-3-7-18(8-4-2)12-6-5-11(10-19)13(9-12)14(15,16)17/h3-6,9,19H,1-2,7-8,10H2. The number of hydrogen-bond donors (Lipinski definition) is 1. The summed E-state index contributed by atoms with van der Waals surface area (Å²) in [5.74, 6) is 0. The number of hydrogen-bond acceptors (Lipinski definition) is 2. The fraction of sp³-hybridized carbons (Fsp3) is 0.286. The van der Waals surface area contributed by atoms with E-state index in [1.54, 1.807) is 23.1 Å². The minimum Gasteiger partial charge on any atom is -0.392 e. The first-order chi connectivity index (χ1) is 8.93. The highest BCUT2D eigenvalue weighted by atomic mass is 19.4. The van der Waals surface area contributed by atoms with Crippen LogP contribution in [-0.4, -0.2) is 18.2 Å². The van der Waals surface area contributed by atoms with Gasteiger partial charge in [0.1, 0.15) is 0 Å². The summed E-state index contributed by atoms with van der Waals surface area (Å²) in [6.07, 6.45) is -1.27. The van der Waals surface area contributed by atoms with Crippen LogP contribution < -0.4 is 4.90 Å². The van der Waals surface area contributed by atoms with E-state index in [9.17, 15) is 13.2 Å². The van der Waals surface area contributed by atoms with Crippen molar-refractivity contribution in [2.45, 2.75) is 12.8 Å². The Balaban J connectivity index is 3.22. The van der Waals surface area contributed by atoms with Crippen molar-refractivity contribution < 1.29 is 18.3 Å². The van der Waals surface area contributed by atoms with Crippen LogP contribution >= 0.6 is 0 Å². The second kappa shape index (κ2) is 6.43. The van der Waals surface area contributed by atoms with E-state index < -0.39 is 18.3 Å². The molecule has 1 aromatic rings. The maximum atomic E-state index is 12.9. The Morgan fingerprint density at radius 3 is 2.16 bits per heavy atom. The number of aliphatic hydroxyl groups is 1. The number of aliphatic hydroxyl groups excluding tert-OH is 1. The van der Waals surface area contributed by atoms with E-state index in [4.69, 9.17) is 5.11 Å². The van der Waals surface area contributed by atoms with Gasteiger partial charge in [0.2, 0.25) is 0 Å². The molecule has 5 heteroatoms. The van der Waals surface area contributed by atoms with Gasteiger partial charge in [-0.2, -0.15) is 13.2 Å². The van der Waals surface area contributed by atoms with Gasteiger partial charge in [0.05, 0.1) is 12.2 Å². The lowest BCUT2D eigenvalue weighted by molar-refractivity contribution is -0.138. The molecular weight excluding hydrogens is 255 g/mol. The molecule has 0 amide bonds. The van der Waals surface area contributed by atoms with Crippen molar-refractivity contribution in [3.8, 4) is 0 Å². The van der Waals surface area contributed by atoms with E-state index in [0.717, 1.165) is 6.07 Å². The largest absolute Gasteiger partial charge is 0.416 e. The van der Waals surface area contributed by atoms with Crippen LogP contribution in [0.1, 0.15) is 11.1 Å². The zero-order chi connectivity index (χ0) is 14.5. The first-order valence-corrected chi connectivity index (χ1v) is 5.71. The minimum atomic E-state index is -4.48. The molecule has 0 bridgehead atoms. The number of rotatable bonds is 6. The van der Waals surface area contributed by atoms with Crippen LogP contribution in [0, 0.1) is 0 Å². The van der Waals surface area contributed by atoms with E-state index in [1.165, 1.54) is 6.07 Å². The summed E-state index contributed by atoms with van der Waals surface area (Å²) in [6.45, 7) is 7.35. The molecule has 0 heterocycles. The van der Waals surface area contributed by atoms with Gasteiger partial charge in [-0.1, -0.05) is 18.2 Å². The van der Waals surface area contributed by atoms with Crippen LogP contribution in [0.5, 0.6) is 0 Å². The molecule has 0 spiro atoms. The second-order valence-corrected chi connectivity index (χ2v) is 3.98. The zero-order valence-corrected chi connectivity index (χ0v) is 10.5. The number of nitrogens with zero attached hydrogens (tertiary/aromatic N) is 1. The molecule has 2 nitrogen and oxygen atoms in total. The lowest BCUT2D eigenvalue weighted by Gasteiger charge is -2.23. The molecule has 19 heavy (non-hydrogen) atoms. The molecule has 1 rings (SSSR count). The molecule has 1 aromatic carbocycles. The van der Waals surface area contributed by atoms with Crippen LogP contribution in [0.15, 0.2) is 43.5 Å². The maximum absolute atomic E-state index is 12.9. The van der Waals surface area contributed by atoms with Crippen LogP contribution in [0.2, 0.25) is 0 Å². The third-order valence-corrected chi connectivity index (χ3v) is 2.63. The normalized spacial score (nSPS) is 11.2. The molecule has 0 fully saturated rings. The Morgan fingerprint density at radius 2 is 1.74 bits per heavy atom. The fourth-order valence-electron chi connectivity index (χ4n) is 1.76. The molecule has 0 atom stereocenters. The van der Waals surface area contributed by atoms with Gasteiger partial charge in [0, 0.05) is 18.8 Å². The van der Waals surface area contributed by atoms with Gasteiger partial charge in [-0.3, -0.25) is 0 Å². The number of alkyl halides is 3. The lowest BCUT2D eigenvalue weighted by atomic mass is 10.1. The maximum Gasteiger partial charge on any atom is 0.416 e. The first kappa shape index (κ1) is 15.3. The van der Waals surface area contributed by atoms with Crippen molar-refractivity contribution in [3.05, 3.63) is 54.6 Å². The molecule has 0 aromatic heterocycles. The smallest absolute Gasteiger partial charge is 0.392 e. The summed E-state index contributed by atoms with van der Waals surface area (Å²) in [6, 6.07) is 3.88. The first-order valence-electron chi connectivity index (χ1n) is 5.71. The summed E-state index contributed by atoms with van der Waals surface area (Å²) in [7, 11) is 0. The number of halogens is 3. The van der Waals surface area contributed by atoms with Crippen LogP contribution in [0.4, 0.5) is 18.9 Å². The fourth-order valence-corrected chi connectivity index (χ4v) is 1.76. The van der Waals surface area contributed by atoms with Crippen molar-refractivity contribution in [2.75, 3.05) is 18.0 Å². The average Bonchev–Trinajstić information content (AvgIpc) is 2.37. The van der Waals surface area contributed by atoms with E-state index >= 15 is 0 Å². The molecule has 0 radical (unpaired) electrons. The Kier molecular flexibility index (Phi) is 5.18. The predicted molar refractivity (Wildman–Crippen MR) is 70.0 cm³/mol. The van der Waals surface area contributed by atoms with E-state index in [1.807, 2.05) is 0 Å². The molecule has 1 N–H and O–H groups in total. The molecule has 0 aliphatic heterocycles. The van der Waals surface area contributed by atoms with Crippen LogP contribution in [0.3, 0.4) is 0 Å². The second-order valence-electron chi connectivity index (χ2n) is 3.98. The summed E-state index contributed by atoms with van der Waals surface area (Å²) >= 11 is 0. The Labute approximate surface area is 110 Å². The van der Waals surface area contributed by atoms with Gasteiger partial charge in [-0.25, -0.2) is 0 Å². The van der Waals surface area contributed by atoms with Gasteiger partial charge in [-0.15, -0.1) is 13.2 Å². The summed E-state index contributed by atoms with van der Waals surface area (Å²) < 4.78 is 38.6. The summed E-state index contributed by atoms with van der Waals surface area (Å²) in [5.41, 5.74) is -0.525. The molecular formula is C14H16F3NO. The molecule has 0 unspecified atom stereocenters. The van der Waals surface area contributed by atoms with Gasteiger partial charge in [0.15, 0.2) is 0 Å². The SMILES string of the molecule is C=CCN(CC=C)c1ccc(CO)c(C(F)(F)F)c1. The Morgan fingerprint density at radius 1 is 1.16 bits per heavy atom. The molecule has 0 aliphatic carbocycles. The monoisotopic (exact) mass is 271 g/mol. The van der Waals surface area contributed by atoms with Crippen molar-refractivity contribution in [2.24, 2.45) is 0 Å². The van der Waals surface area contributed by atoms with E-state index in [-0.39, 0.29) is 5.56 Å². The Bertz CT molecular complexity index is 444. The Hall–Kier alpha value is -1.75. The molecule has 104 valence electrons. The molecule has 0 aliphatic rings. The number of anilines is 1. The molecule has 0 saturated heterocycles. The van der Waals surface area contributed by atoms with Crippen molar-refractivity contribution in [1.29, 1.82) is 0 Å². The minimum absolute atomic E-state index is 0.131. The third kappa shape index (κ3) is 3.86.